The lowest BCUT2D eigenvalue weighted by atomic mass is 10.3. The second kappa shape index (κ2) is 4.99. The van der Waals surface area contributed by atoms with Crippen LogP contribution < -0.4 is 5.73 Å². The van der Waals surface area contributed by atoms with E-state index in [4.69, 9.17) is 4.79 Å². The molecule has 0 fully saturated rings. The van der Waals surface area contributed by atoms with E-state index in [1.54, 1.807) is 11.3 Å². The number of carbonyl (C=O) groups excluding carboxylic acids is 1. The lowest BCUT2D eigenvalue weighted by Gasteiger charge is -1.79. The van der Waals surface area contributed by atoms with E-state index in [0.717, 1.165) is 0 Å². The van der Waals surface area contributed by atoms with Crippen LogP contribution in [0.1, 0.15) is 10.4 Å². The third-order valence-electron chi connectivity index (χ3n) is 1.12. The number of hydrogen-bond donors (Lipinski definition) is 1. The number of amides is 1. The maximum atomic E-state index is 8.58. The van der Waals surface area contributed by atoms with Crippen molar-refractivity contribution in [3.8, 4) is 0 Å². The van der Waals surface area contributed by atoms with Crippen LogP contribution in [0, 0.1) is 13.8 Å². The first kappa shape index (κ1) is 9.17. The summed E-state index contributed by atoms with van der Waals surface area (Å²) in [6, 6.07) is 2.14. The minimum absolute atomic E-state index is 0.250. The quantitative estimate of drug-likeness (QED) is 0.569. The van der Waals surface area contributed by atoms with Gasteiger partial charge >= 0.3 is 0 Å². The Morgan fingerprint density at radius 3 is 2.20 bits per heavy atom. The highest BCUT2D eigenvalue weighted by atomic mass is 32.1. The van der Waals surface area contributed by atoms with Crippen LogP contribution in [0.15, 0.2) is 11.4 Å². The van der Waals surface area contributed by atoms with E-state index in [2.05, 4.69) is 31.0 Å². The van der Waals surface area contributed by atoms with E-state index in [9.17, 15) is 0 Å². The van der Waals surface area contributed by atoms with Crippen molar-refractivity contribution in [3.63, 3.8) is 0 Å². The first-order chi connectivity index (χ1) is 4.72. The maximum Gasteiger partial charge on any atom is 0.204 e. The Labute approximate surface area is 64.7 Å². The molecule has 0 radical (unpaired) electrons. The molecule has 0 aromatic carbocycles. The summed E-state index contributed by atoms with van der Waals surface area (Å²) in [5.74, 6) is 0. The minimum atomic E-state index is 0.250. The topological polar surface area (TPSA) is 43.1 Å². The minimum Gasteiger partial charge on any atom is -0.372 e. The van der Waals surface area contributed by atoms with Gasteiger partial charge in [-0.1, -0.05) is 0 Å². The van der Waals surface area contributed by atoms with Crippen molar-refractivity contribution in [1.29, 1.82) is 0 Å². The van der Waals surface area contributed by atoms with E-state index >= 15 is 0 Å². The number of nitrogens with two attached hydrogens (primary N) is 1. The van der Waals surface area contributed by atoms with Crippen molar-refractivity contribution in [3.05, 3.63) is 21.9 Å². The van der Waals surface area contributed by atoms with E-state index in [-0.39, 0.29) is 6.41 Å². The Balaban J connectivity index is 0.000000236. The number of thiophene rings is 1. The van der Waals surface area contributed by atoms with Crippen molar-refractivity contribution < 1.29 is 4.79 Å². The van der Waals surface area contributed by atoms with Gasteiger partial charge in [-0.2, -0.15) is 0 Å². The largest absolute Gasteiger partial charge is 0.372 e. The monoisotopic (exact) mass is 157 g/mol. The molecule has 0 aliphatic rings. The van der Waals surface area contributed by atoms with Gasteiger partial charge in [-0.15, -0.1) is 11.3 Å². The van der Waals surface area contributed by atoms with E-state index < -0.39 is 0 Å². The van der Waals surface area contributed by atoms with Crippen molar-refractivity contribution in [1.82, 2.24) is 0 Å². The third-order valence-corrected chi connectivity index (χ3v) is 2.07. The van der Waals surface area contributed by atoms with Crippen LogP contribution in [-0.4, -0.2) is 6.41 Å². The molecule has 0 unspecified atom stereocenters. The van der Waals surface area contributed by atoms with Crippen molar-refractivity contribution in [2.24, 2.45) is 5.73 Å². The van der Waals surface area contributed by atoms with Gasteiger partial charge < -0.3 is 5.73 Å². The molecule has 1 rings (SSSR count). The molecule has 1 amide bonds. The predicted octanol–water partition coefficient (Wildman–Crippen LogP) is 1.47. The van der Waals surface area contributed by atoms with Crippen LogP contribution in [0.25, 0.3) is 0 Å². The van der Waals surface area contributed by atoms with Gasteiger partial charge in [-0.3, -0.25) is 4.79 Å². The molecule has 0 atom stereocenters. The molecule has 10 heavy (non-hydrogen) atoms. The first-order valence-electron chi connectivity index (χ1n) is 2.88. The second-order valence-corrected chi connectivity index (χ2v) is 2.92. The van der Waals surface area contributed by atoms with Gasteiger partial charge in [-0.25, -0.2) is 0 Å². The van der Waals surface area contributed by atoms with Crippen LogP contribution in [0.3, 0.4) is 0 Å². The van der Waals surface area contributed by atoms with Crippen LogP contribution in [0.4, 0.5) is 0 Å². The molecular weight excluding hydrogens is 146 g/mol. The molecule has 0 saturated heterocycles. The van der Waals surface area contributed by atoms with Gasteiger partial charge in [0.2, 0.25) is 6.41 Å². The molecule has 0 spiro atoms. The summed E-state index contributed by atoms with van der Waals surface area (Å²) in [6.07, 6.45) is 0.250. The lowest BCUT2D eigenvalue weighted by Crippen LogP contribution is -1.82. The lowest BCUT2D eigenvalue weighted by molar-refractivity contribution is -0.106. The fraction of sp³-hybridized carbons (Fsp3) is 0.286. The fourth-order valence-electron chi connectivity index (χ4n) is 0.448. The van der Waals surface area contributed by atoms with Gasteiger partial charge in [0, 0.05) is 4.88 Å². The summed E-state index contributed by atoms with van der Waals surface area (Å²) in [5.41, 5.74) is 5.57. The average molecular weight is 157 g/mol. The first-order valence-corrected chi connectivity index (χ1v) is 3.76. The standard InChI is InChI=1S/C6H8S.CH3NO/c1-5-3-4-7-6(5)2;2-1-3/h3-4H,1-2H3;1H,(H2,2,3). The number of hydrogen-bond acceptors (Lipinski definition) is 2. The van der Waals surface area contributed by atoms with Crippen LogP contribution in [0.2, 0.25) is 0 Å². The summed E-state index contributed by atoms with van der Waals surface area (Å²) in [6.45, 7) is 4.27. The van der Waals surface area contributed by atoms with Crippen LogP contribution in [-0.2, 0) is 4.79 Å². The summed E-state index contributed by atoms with van der Waals surface area (Å²) >= 11 is 1.80. The smallest absolute Gasteiger partial charge is 0.204 e. The Bertz CT molecular complexity index is 179. The van der Waals surface area contributed by atoms with Crippen LogP contribution >= 0.6 is 11.3 Å². The maximum absolute atomic E-state index is 8.58. The Hall–Kier alpha value is -0.830. The number of primary amides is 1. The SMILES string of the molecule is Cc1ccsc1C.NC=O. The number of carbonyl (C=O) groups is 1. The number of rotatable bonds is 0. The van der Waals surface area contributed by atoms with Crippen molar-refractivity contribution in [2.45, 2.75) is 13.8 Å². The van der Waals surface area contributed by atoms with Gasteiger partial charge in [0.1, 0.15) is 0 Å². The summed E-state index contributed by atoms with van der Waals surface area (Å²) < 4.78 is 0. The zero-order chi connectivity index (χ0) is 7.98. The summed E-state index contributed by atoms with van der Waals surface area (Å²) in [7, 11) is 0. The van der Waals surface area contributed by atoms with E-state index in [1.165, 1.54) is 10.4 Å². The van der Waals surface area contributed by atoms with Crippen molar-refractivity contribution >= 4 is 17.7 Å². The zero-order valence-corrected chi connectivity index (χ0v) is 6.94. The average Bonchev–Trinajstić information content (AvgIpc) is 2.19. The zero-order valence-electron chi connectivity index (χ0n) is 6.13. The molecule has 3 heteroatoms. The summed E-state index contributed by atoms with van der Waals surface area (Å²) in [4.78, 5) is 10.0. The molecule has 0 bridgehead atoms. The van der Waals surface area contributed by atoms with E-state index in [0.29, 0.717) is 0 Å². The molecule has 0 aliphatic heterocycles. The molecule has 1 heterocycles. The predicted molar refractivity (Wildman–Crippen MR) is 44.0 cm³/mol. The van der Waals surface area contributed by atoms with Crippen molar-refractivity contribution in [2.75, 3.05) is 0 Å². The molecule has 0 aliphatic carbocycles. The molecular formula is C7H11NOS. The van der Waals surface area contributed by atoms with Gasteiger partial charge in [0.05, 0.1) is 0 Å². The molecule has 1 aromatic rings. The van der Waals surface area contributed by atoms with Gasteiger partial charge in [0.25, 0.3) is 0 Å². The molecule has 2 nitrogen and oxygen atoms in total. The highest BCUT2D eigenvalue weighted by Gasteiger charge is 1.87. The normalized spacial score (nSPS) is 7.80. The third kappa shape index (κ3) is 3.25. The fourth-order valence-corrected chi connectivity index (χ4v) is 1.18. The highest BCUT2D eigenvalue weighted by Crippen LogP contribution is 2.12. The molecule has 1 aromatic heterocycles. The second-order valence-electron chi connectivity index (χ2n) is 1.80. The highest BCUT2D eigenvalue weighted by molar-refractivity contribution is 7.10. The Kier molecular flexibility index (Phi) is 4.58. The molecule has 2 N–H and O–H groups in total. The molecule has 56 valence electrons. The van der Waals surface area contributed by atoms with Gasteiger partial charge in [0.15, 0.2) is 0 Å². The Morgan fingerprint density at radius 2 is 2.10 bits per heavy atom. The van der Waals surface area contributed by atoms with E-state index in [1.807, 2.05) is 0 Å². The summed E-state index contributed by atoms with van der Waals surface area (Å²) in [5, 5.41) is 2.12. The van der Waals surface area contributed by atoms with Gasteiger partial charge in [-0.05, 0) is 30.9 Å². The Morgan fingerprint density at radius 1 is 1.60 bits per heavy atom. The molecule has 0 saturated carbocycles. The number of aryl methyl sites for hydroxylation is 2. The van der Waals surface area contributed by atoms with Crippen LogP contribution in [0.5, 0.6) is 0 Å².